The SMILES string of the molecule is CCOC(=O)c1cnn(C)c1CNc1ccc(OC)cc1. The Balaban J connectivity index is 2.08. The number of aryl methyl sites for hydroxylation is 1. The first-order valence-corrected chi connectivity index (χ1v) is 6.71. The smallest absolute Gasteiger partial charge is 0.341 e. The highest BCUT2D eigenvalue weighted by molar-refractivity contribution is 5.90. The molecule has 0 aliphatic carbocycles. The van der Waals surface area contributed by atoms with Crippen molar-refractivity contribution in [1.29, 1.82) is 0 Å². The summed E-state index contributed by atoms with van der Waals surface area (Å²) in [7, 11) is 3.43. The lowest BCUT2D eigenvalue weighted by molar-refractivity contribution is 0.0525. The van der Waals surface area contributed by atoms with Crippen LogP contribution in [0.25, 0.3) is 0 Å². The third kappa shape index (κ3) is 3.53. The van der Waals surface area contributed by atoms with Gasteiger partial charge in [-0.05, 0) is 31.2 Å². The van der Waals surface area contributed by atoms with Crippen LogP contribution in [0.3, 0.4) is 0 Å². The molecule has 0 aliphatic heterocycles. The van der Waals surface area contributed by atoms with E-state index in [2.05, 4.69) is 10.4 Å². The fourth-order valence-electron chi connectivity index (χ4n) is 1.95. The van der Waals surface area contributed by atoms with Gasteiger partial charge in [0, 0.05) is 12.7 Å². The van der Waals surface area contributed by atoms with Crippen molar-refractivity contribution in [3.63, 3.8) is 0 Å². The topological polar surface area (TPSA) is 65.4 Å². The Morgan fingerprint density at radius 2 is 2.05 bits per heavy atom. The van der Waals surface area contributed by atoms with Gasteiger partial charge < -0.3 is 14.8 Å². The van der Waals surface area contributed by atoms with E-state index < -0.39 is 0 Å². The third-order valence-electron chi connectivity index (χ3n) is 3.11. The van der Waals surface area contributed by atoms with Crippen molar-refractivity contribution in [3.8, 4) is 5.75 Å². The number of esters is 1. The second-order valence-electron chi connectivity index (χ2n) is 4.43. The summed E-state index contributed by atoms with van der Waals surface area (Å²) >= 11 is 0. The van der Waals surface area contributed by atoms with Crippen molar-refractivity contribution >= 4 is 11.7 Å². The van der Waals surface area contributed by atoms with Gasteiger partial charge >= 0.3 is 5.97 Å². The molecule has 0 fully saturated rings. The molecule has 2 rings (SSSR count). The number of hydrogen-bond acceptors (Lipinski definition) is 5. The number of nitrogens with one attached hydrogen (secondary N) is 1. The number of carbonyl (C=O) groups excluding carboxylic acids is 1. The molecule has 0 atom stereocenters. The van der Waals surface area contributed by atoms with Crippen molar-refractivity contribution in [2.75, 3.05) is 19.0 Å². The van der Waals surface area contributed by atoms with E-state index in [0.29, 0.717) is 18.7 Å². The van der Waals surface area contributed by atoms with Gasteiger partial charge in [0.05, 0.1) is 32.2 Å². The number of anilines is 1. The molecule has 1 aromatic carbocycles. The van der Waals surface area contributed by atoms with Crippen LogP contribution in [0.15, 0.2) is 30.5 Å². The summed E-state index contributed by atoms with van der Waals surface area (Å²) in [4.78, 5) is 11.9. The molecule has 112 valence electrons. The molecule has 0 bridgehead atoms. The van der Waals surface area contributed by atoms with Gasteiger partial charge in [0.25, 0.3) is 0 Å². The minimum Gasteiger partial charge on any atom is -0.497 e. The summed E-state index contributed by atoms with van der Waals surface area (Å²) in [6.45, 7) is 2.61. The summed E-state index contributed by atoms with van der Waals surface area (Å²) in [5, 5.41) is 7.37. The molecule has 0 radical (unpaired) electrons. The van der Waals surface area contributed by atoms with E-state index in [-0.39, 0.29) is 5.97 Å². The number of ether oxygens (including phenoxy) is 2. The summed E-state index contributed by atoms with van der Waals surface area (Å²) in [5.41, 5.74) is 2.21. The minimum absolute atomic E-state index is 0.346. The Bertz CT molecular complexity index is 605. The Morgan fingerprint density at radius 1 is 1.33 bits per heavy atom. The lowest BCUT2D eigenvalue weighted by Gasteiger charge is -2.09. The molecule has 0 saturated heterocycles. The number of benzene rings is 1. The Kier molecular flexibility index (Phi) is 4.81. The van der Waals surface area contributed by atoms with E-state index in [1.165, 1.54) is 6.20 Å². The van der Waals surface area contributed by atoms with Gasteiger partial charge in [0.1, 0.15) is 11.3 Å². The van der Waals surface area contributed by atoms with Crippen LogP contribution in [0.2, 0.25) is 0 Å². The molecule has 0 amide bonds. The number of rotatable bonds is 6. The van der Waals surface area contributed by atoms with Crippen LogP contribution in [0.4, 0.5) is 5.69 Å². The Labute approximate surface area is 123 Å². The van der Waals surface area contributed by atoms with Gasteiger partial charge in [-0.3, -0.25) is 4.68 Å². The van der Waals surface area contributed by atoms with E-state index in [0.717, 1.165) is 17.1 Å². The fraction of sp³-hybridized carbons (Fsp3) is 0.333. The van der Waals surface area contributed by atoms with Crippen molar-refractivity contribution in [1.82, 2.24) is 9.78 Å². The molecule has 1 heterocycles. The zero-order valence-corrected chi connectivity index (χ0v) is 12.4. The predicted octanol–water partition coefficient (Wildman–Crippen LogP) is 2.22. The van der Waals surface area contributed by atoms with Crippen LogP contribution in [0.5, 0.6) is 5.75 Å². The summed E-state index contributed by atoms with van der Waals surface area (Å²) in [6, 6.07) is 7.58. The van der Waals surface area contributed by atoms with Crippen LogP contribution in [0.1, 0.15) is 23.0 Å². The van der Waals surface area contributed by atoms with Crippen molar-refractivity contribution in [3.05, 3.63) is 41.7 Å². The molecule has 6 nitrogen and oxygen atoms in total. The van der Waals surface area contributed by atoms with Crippen LogP contribution >= 0.6 is 0 Å². The molecular formula is C15H19N3O3. The molecule has 2 aromatic rings. The van der Waals surface area contributed by atoms with Crippen LogP contribution < -0.4 is 10.1 Å². The van der Waals surface area contributed by atoms with Gasteiger partial charge in [-0.2, -0.15) is 5.10 Å². The number of carbonyl (C=O) groups is 1. The van der Waals surface area contributed by atoms with E-state index in [1.54, 1.807) is 25.8 Å². The lowest BCUT2D eigenvalue weighted by Crippen LogP contribution is -2.12. The highest BCUT2D eigenvalue weighted by atomic mass is 16.5. The number of aromatic nitrogens is 2. The highest BCUT2D eigenvalue weighted by Crippen LogP contribution is 2.17. The van der Waals surface area contributed by atoms with Crippen LogP contribution in [-0.2, 0) is 18.3 Å². The largest absolute Gasteiger partial charge is 0.497 e. The van der Waals surface area contributed by atoms with Crippen LogP contribution in [0, 0.1) is 0 Å². The molecule has 6 heteroatoms. The molecular weight excluding hydrogens is 270 g/mol. The summed E-state index contributed by atoms with van der Waals surface area (Å²) in [5.74, 6) is 0.449. The van der Waals surface area contributed by atoms with Gasteiger partial charge in [0.2, 0.25) is 0 Å². The maximum atomic E-state index is 11.9. The zero-order chi connectivity index (χ0) is 15.2. The van der Waals surface area contributed by atoms with Gasteiger partial charge in [-0.15, -0.1) is 0 Å². The van der Waals surface area contributed by atoms with E-state index >= 15 is 0 Å². The lowest BCUT2D eigenvalue weighted by atomic mass is 10.2. The van der Waals surface area contributed by atoms with Crippen molar-refractivity contribution in [2.24, 2.45) is 7.05 Å². The molecule has 0 aliphatic rings. The second kappa shape index (κ2) is 6.78. The first kappa shape index (κ1) is 14.9. The quantitative estimate of drug-likeness (QED) is 0.826. The number of nitrogens with zero attached hydrogens (tertiary/aromatic N) is 2. The Hall–Kier alpha value is -2.50. The minimum atomic E-state index is -0.350. The zero-order valence-electron chi connectivity index (χ0n) is 12.4. The summed E-state index contributed by atoms with van der Waals surface area (Å²) < 4.78 is 11.8. The average molecular weight is 289 g/mol. The first-order valence-electron chi connectivity index (χ1n) is 6.71. The standard InChI is InChI=1S/C15H19N3O3/c1-4-21-15(19)13-9-17-18(2)14(13)10-16-11-5-7-12(20-3)8-6-11/h5-9,16H,4,10H2,1-3H3. The van der Waals surface area contributed by atoms with Crippen LogP contribution in [-0.4, -0.2) is 29.5 Å². The molecule has 21 heavy (non-hydrogen) atoms. The Morgan fingerprint density at radius 3 is 2.67 bits per heavy atom. The van der Waals surface area contributed by atoms with E-state index in [4.69, 9.17) is 9.47 Å². The third-order valence-corrected chi connectivity index (χ3v) is 3.11. The molecule has 0 spiro atoms. The number of methoxy groups -OCH3 is 1. The molecule has 1 aromatic heterocycles. The number of hydrogen-bond donors (Lipinski definition) is 1. The molecule has 1 N–H and O–H groups in total. The van der Waals surface area contributed by atoms with Gasteiger partial charge in [0.15, 0.2) is 0 Å². The highest BCUT2D eigenvalue weighted by Gasteiger charge is 2.16. The summed E-state index contributed by atoms with van der Waals surface area (Å²) in [6.07, 6.45) is 1.53. The second-order valence-corrected chi connectivity index (χ2v) is 4.43. The predicted molar refractivity (Wildman–Crippen MR) is 79.5 cm³/mol. The normalized spacial score (nSPS) is 10.2. The monoisotopic (exact) mass is 289 g/mol. The maximum absolute atomic E-state index is 11.9. The van der Waals surface area contributed by atoms with Gasteiger partial charge in [-0.25, -0.2) is 4.79 Å². The van der Waals surface area contributed by atoms with Crippen molar-refractivity contribution in [2.45, 2.75) is 13.5 Å². The van der Waals surface area contributed by atoms with E-state index in [1.807, 2.05) is 24.3 Å². The van der Waals surface area contributed by atoms with Crippen molar-refractivity contribution < 1.29 is 14.3 Å². The fourth-order valence-corrected chi connectivity index (χ4v) is 1.95. The average Bonchev–Trinajstić information content (AvgIpc) is 2.87. The first-order chi connectivity index (χ1) is 10.2. The molecule has 0 saturated carbocycles. The molecule has 0 unspecified atom stereocenters. The maximum Gasteiger partial charge on any atom is 0.341 e. The van der Waals surface area contributed by atoms with E-state index in [9.17, 15) is 4.79 Å². The van der Waals surface area contributed by atoms with Gasteiger partial charge in [-0.1, -0.05) is 0 Å².